The van der Waals surface area contributed by atoms with Crippen LogP contribution in [0.5, 0.6) is 0 Å². The van der Waals surface area contributed by atoms with E-state index in [1.54, 1.807) is 23.9 Å². The summed E-state index contributed by atoms with van der Waals surface area (Å²) < 4.78 is 0. The molecule has 8 heteroatoms. The number of imidazole rings is 1. The van der Waals surface area contributed by atoms with Crippen LogP contribution in [0.2, 0.25) is 0 Å². The Balaban J connectivity index is 1.63. The Kier molecular flexibility index (Phi) is 5.43. The van der Waals surface area contributed by atoms with Crippen molar-refractivity contribution in [2.24, 2.45) is 0 Å². The van der Waals surface area contributed by atoms with Crippen LogP contribution in [0.4, 0.5) is 0 Å². The summed E-state index contributed by atoms with van der Waals surface area (Å²) in [6.07, 6.45) is 0.815. The highest BCUT2D eigenvalue weighted by molar-refractivity contribution is 5.88. The average molecular weight is 371 g/mol. The second kappa shape index (κ2) is 7.77. The van der Waals surface area contributed by atoms with E-state index in [1.165, 1.54) is 11.8 Å². The van der Waals surface area contributed by atoms with Gasteiger partial charge in [0.15, 0.2) is 0 Å². The Morgan fingerprint density at radius 3 is 2.63 bits per heavy atom. The molecule has 3 rings (SSSR count). The molecular weight excluding hydrogens is 346 g/mol. The van der Waals surface area contributed by atoms with E-state index < -0.39 is 6.04 Å². The van der Waals surface area contributed by atoms with Gasteiger partial charge in [0.25, 0.3) is 0 Å². The molecule has 1 atom stereocenters. The van der Waals surface area contributed by atoms with Crippen molar-refractivity contribution in [1.82, 2.24) is 24.7 Å². The molecule has 0 bridgehead atoms. The molecule has 1 aromatic carbocycles. The molecule has 1 saturated heterocycles. The Labute approximate surface area is 158 Å². The number of piperazine rings is 1. The number of aryl methyl sites for hydroxylation is 1. The molecule has 0 saturated carbocycles. The zero-order valence-corrected chi connectivity index (χ0v) is 15.9. The lowest BCUT2D eigenvalue weighted by Crippen LogP contribution is -2.61. The molecule has 0 aliphatic carbocycles. The molecular formula is C19H25N5O3. The maximum absolute atomic E-state index is 12.7. The van der Waals surface area contributed by atoms with Crippen molar-refractivity contribution in [3.63, 3.8) is 0 Å². The Morgan fingerprint density at radius 2 is 1.96 bits per heavy atom. The summed E-state index contributed by atoms with van der Waals surface area (Å²) in [6.45, 7) is 2.50. The highest BCUT2D eigenvalue weighted by Crippen LogP contribution is 2.15. The van der Waals surface area contributed by atoms with Crippen molar-refractivity contribution >= 4 is 28.8 Å². The van der Waals surface area contributed by atoms with E-state index in [2.05, 4.69) is 9.97 Å². The number of likely N-dealkylation sites (N-methyl/N-ethyl adjacent to an activating group) is 1. The number of nitrogens with zero attached hydrogens (tertiary/aromatic N) is 4. The number of carbonyl (C=O) groups excluding carboxylic acids is 3. The van der Waals surface area contributed by atoms with Crippen LogP contribution in [-0.4, -0.2) is 82.2 Å². The molecule has 0 unspecified atom stereocenters. The largest absolute Gasteiger partial charge is 0.347 e. The highest BCUT2D eigenvalue weighted by Gasteiger charge is 2.36. The maximum atomic E-state index is 12.7. The second-order valence-corrected chi connectivity index (χ2v) is 7.00. The van der Waals surface area contributed by atoms with Crippen LogP contribution in [0.1, 0.15) is 19.2 Å². The fourth-order valence-corrected chi connectivity index (χ4v) is 3.40. The van der Waals surface area contributed by atoms with Gasteiger partial charge < -0.3 is 19.7 Å². The van der Waals surface area contributed by atoms with Crippen LogP contribution in [0, 0.1) is 0 Å². The monoisotopic (exact) mass is 371 g/mol. The predicted octanol–water partition coefficient (Wildman–Crippen LogP) is 0.643. The van der Waals surface area contributed by atoms with Gasteiger partial charge in [0.1, 0.15) is 11.9 Å². The van der Waals surface area contributed by atoms with E-state index in [4.69, 9.17) is 0 Å². The summed E-state index contributed by atoms with van der Waals surface area (Å²) in [5, 5.41) is 0. The van der Waals surface area contributed by atoms with E-state index in [9.17, 15) is 14.4 Å². The third-order valence-corrected chi connectivity index (χ3v) is 4.88. The van der Waals surface area contributed by atoms with Crippen LogP contribution in [0.3, 0.4) is 0 Å². The Morgan fingerprint density at radius 1 is 1.22 bits per heavy atom. The summed E-state index contributed by atoms with van der Waals surface area (Å²) in [6, 6.07) is 7.11. The first-order valence-electron chi connectivity index (χ1n) is 9.06. The molecule has 1 N–H and O–H groups in total. The van der Waals surface area contributed by atoms with E-state index in [-0.39, 0.29) is 24.3 Å². The van der Waals surface area contributed by atoms with Crippen LogP contribution in [0.25, 0.3) is 11.0 Å². The quantitative estimate of drug-likeness (QED) is 0.854. The summed E-state index contributed by atoms with van der Waals surface area (Å²) >= 11 is 0. The van der Waals surface area contributed by atoms with Crippen molar-refractivity contribution in [3.8, 4) is 0 Å². The van der Waals surface area contributed by atoms with E-state index in [0.717, 1.165) is 16.9 Å². The fourth-order valence-electron chi connectivity index (χ4n) is 3.40. The number of hydrogen-bond acceptors (Lipinski definition) is 4. The standard InChI is InChI=1S/C19H25N5O3/c1-13(25)24-11-10-23(12-16(24)19(27)22(2)3)18(26)9-8-17-20-14-6-4-5-7-15(14)21-17/h4-7,16H,8-12H2,1-3H3,(H,20,21)/t16-/m0/s1. The van der Waals surface area contributed by atoms with Crippen LogP contribution in [-0.2, 0) is 20.8 Å². The third-order valence-electron chi connectivity index (χ3n) is 4.88. The average Bonchev–Trinajstić information content (AvgIpc) is 3.07. The maximum Gasteiger partial charge on any atom is 0.246 e. The first kappa shape index (κ1) is 18.9. The minimum atomic E-state index is -0.624. The summed E-state index contributed by atoms with van der Waals surface area (Å²) in [5.74, 6) is 0.424. The Bertz CT molecular complexity index is 827. The first-order chi connectivity index (χ1) is 12.9. The lowest BCUT2D eigenvalue weighted by molar-refractivity contribution is -0.150. The van der Waals surface area contributed by atoms with Crippen molar-refractivity contribution in [2.75, 3.05) is 33.7 Å². The number of nitrogens with one attached hydrogen (secondary N) is 1. The molecule has 144 valence electrons. The van der Waals surface area contributed by atoms with Gasteiger partial charge in [-0.3, -0.25) is 14.4 Å². The number of H-pyrrole nitrogens is 1. The zero-order chi connectivity index (χ0) is 19.6. The number of aromatic amines is 1. The zero-order valence-electron chi connectivity index (χ0n) is 15.9. The van der Waals surface area contributed by atoms with Crippen LogP contribution >= 0.6 is 0 Å². The number of para-hydroxylation sites is 2. The van der Waals surface area contributed by atoms with Gasteiger partial charge in [0.2, 0.25) is 17.7 Å². The smallest absolute Gasteiger partial charge is 0.246 e. The van der Waals surface area contributed by atoms with Crippen molar-refractivity contribution < 1.29 is 14.4 Å². The summed E-state index contributed by atoms with van der Waals surface area (Å²) in [4.78, 5) is 49.3. The fraction of sp³-hybridized carbons (Fsp3) is 0.474. The SMILES string of the molecule is CC(=O)N1CCN(C(=O)CCc2nc3ccccc3[nH]2)C[C@H]1C(=O)N(C)C. The number of rotatable bonds is 4. The van der Waals surface area contributed by atoms with Gasteiger partial charge >= 0.3 is 0 Å². The minimum Gasteiger partial charge on any atom is -0.347 e. The van der Waals surface area contributed by atoms with E-state index in [0.29, 0.717) is 25.9 Å². The lowest BCUT2D eigenvalue weighted by atomic mass is 10.1. The van der Waals surface area contributed by atoms with Crippen molar-refractivity contribution in [2.45, 2.75) is 25.8 Å². The van der Waals surface area contributed by atoms with Gasteiger partial charge in [0, 0.05) is 47.0 Å². The summed E-state index contributed by atoms with van der Waals surface area (Å²) in [7, 11) is 3.31. The second-order valence-electron chi connectivity index (χ2n) is 7.00. The highest BCUT2D eigenvalue weighted by atomic mass is 16.2. The topological polar surface area (TPSA) is 89.6 Å². The van der Waals surface area contributed by atoms with Crippen LogP contribution < -0.4 is 0 Å². The molecule has 2 aromatic rings. The van der Waals surface area contributed by atoms with E-state index >= 15 is 0 Å². The van der Waals surface area contributed by atoms with E-state index in [1.807, 2.05) is 24.3 Å². The molecule has 1 fully saturated rings. The molecule has 8 nitrogen and oxygen atoms in total. The van der Waals surface area contributed by atoms with Gasteiger partial charge in [-0.1, -0.05) is 12.1 Å². The number of aromatic nitrogens is 2. The number of amides is 3. The summed E-state index contributed by atoms with van der Waals surface area (Å²) in [5.41, 5.74) is 1.83. The minimum absolute atomic E-state index is 0.0322. The first-order valence-corrected chi connectivity index (χ1v) is 9.06. The molecule has 2 heterocycles. The van der Waals surface area contributed by atoms with Gasteiger partial charge in [-0.05, 0) is 12.1 Å². The van der Waals surface area contributed by atoms with Gasteiger partial charge in [-0.25, -0.2) is 4.98 Å². The Hall–Kier alpha value is -2.90. The van der Waals surface area contributed by atoms with Gasteiger partial charge in [-0.2, -0.15) is 0 Å². The van der Waals surface area contributed by atoms with Crippen molar-refractivity contribution in [3.05, 3.63) is 30.1 Å². The molecule has 0 radical (unpaired) electrons. The molecule has 1 aromatic heterocycles. The molecule has 27 heavy (non-hydrogen) atoms. The number of fused-ring (bicyclic) bond motifs is 1. The van der Waals surface area contributed by atoms with Gasteiger partial charge in [0.05, 0.1) is 17.6 Å². The number of hydrogen-bond donors (Lipinski definition) is 1. The normalized spacial score (nSPS) is 17.2. The third kappa shape index (κ3) is 4.10. The molecule has 0 spiro atoms. The molecule has 3 amide bonds. The molecule has 1 aliphatic rings. The lowest BCUT2D eigenvalue weighted by Gasteiger charge is -2.41. The number of carbonyl (C=O) groups is 3. The van der Waals surface area contributed by atoms with Crippen molar-refractivity contribution in [1.29, 1.82) is 0 Å². The predicted molar refractivity (Wildman–Crippen MR) is 101 cm³/mol. The number of benzene rings is 1. The van der Waals surface area contributed by atoms with Crippen LogP contribution in [0.15, 0.2) is 24.3 Å². The van der Waals surface area contributed by atoms with Gasteiger partial charge in [-0.15, -0.1) is 0 Å². The molecule has 1 aliphatic heterocycles.